The summed E-state index contributed by atoms with van der Waals surface area (Å²) in [5.74, 6) is 0. The Morgan fingerprint density at radius 1 is 0.276 bits per heavy atom. The molecule has 0 N–H and O–H groups in total. The third-order valence-corrected chi connectivity index (χ3v) is 19.6. The van der Waals surface area contributed by atoms with E-state index >= 15 is 0 Å². The van der Waals surface area contributed by atoms with E-state index in [0.29, 0.717) is 0 Å². The molecule has 1 aromatic heterocycles. The molecule has 13 aromatic rings. The second-order valence-electron chi connectivity index (χ2n) is 26.1. The third kappa shape index (κ3) is 8.96. The molecule has 0 radical (unpaired) electrons. The number of fused-ring (bicyclic) bond motifs is 15. The number of benzene rings is 12. The van der Waals surface area contributed by atoms with Crippen LogP contribution in [0.25, 0.3) is 111 Å². The first kappa shape index (κ1) is 55.3. The summed E-state index contributed by atoms with van der Waals surface area (Å²) in [6.07, 6.45) is 0. The van der Waals surface area contributed by atoms with Crippen molar-refractivity contribution < 1.29 is 4.42 Å². The smallest absolute Gasteiger partial charge is 0.144 e. The fourth-order valence-corrected chi connectivity index (χ4v) is 15.2. The van der Waals surface area contributed by atoms with Crippen LogP contribution >= 0.6 is 0 Å². The van der Waals surface area contributed by atoms with Gasteiger partial charge in [0, 0.05) is 32.6 Å². The Balaban J connectivity index is 0.000000120. The van der Waals surface area contributed by atoms with Crippen molar-refractivity contribution >= 4 is 21.9 Å². The minimum absolute atomic E-state index is 0.0619. The SMILES string of the molecule is Cc1c(-c2ccccc2)cccc1-c1ccccc1.Cc1ccc2c(c1)C(C)(C)c1c3c(c4oc5ccccc5c4c1-2)-c1ccccc1C3(C)C.Cc1ccc2c(c1)C(C)(C)c1cc(-c3cccc(-c4ccccc4)c3)c(C)c(-c3ccccc3C)c1-2. The van der Waals surface area contributed by atoms with Gasteiger partial charge in [-0.3, -0.25) is 0 Å². The molecule has 1 heteroatoms. The molecular weight excluding hydrogens is 1050 g/mol. The first-order chi connectivity index (χ1) is 42.0. The van der Waals surface area contributed by atoms with E-state index in [2.05, 4.69) is 325 Å². The molecule has 3 aliphatic rings. The van der Waals surface area contributed by atoms with Crippen LogP contribution in [0, 0.1) is 34.6 Å². The van der Waals surface area contributed by atoms with E-state index in [-0.39, 0.29) is 16.2 Å². The number of aryl methyl sites for hydroxylation is 3. The van der Waals surface area contributed by atoms with E-state index in [9.17, 15) is 0 Å². The monoisotopic (exact) mass is 1120 g/mol. The molecule has 87 heavy (non-hydrogen) atoms. The molecule has 16 rings (SSSR count). The van der Waals surface area contributed by atoms with Gasteiger partial charge < -0.3 is 4.42 Å². The molecule has 0 bridgehead atoms. The van der Waals surface area contributed by atoms with Crippen LogP contribution in [0.1, 0.15) is 103 Å². The first-order valence-electron chi connectivity index (χ1n) is 31.0. The third-order valence-electron chi connectivity index (χ3n) is 19.6. The van der Waals surface area contributed by atoms with Crippen molar-refractivity contribution in [3.05, 3.63) is 310 Å². The topological polar surface area (TPSA) is 13.1 Å². The highest BCUT2D eigenvalue weighted by atomic mass is 16.3. The van der Waals surface area contributed by atoms with E-state index in [1.54, 1.807) is 0 Å². The summed E-state index contributed by atoms with van der Waals surface area (Å²) >= 11 is 0. The summed E-state index contributed by atoms with van der Waals surface area (Å²) < 4.78 is 6.68. The highest BCUT2D eigenvalue weighted by molar-refractivity contribution is 6.20. The van der Waals surface area contributed by atoms with Gasteiger partial charge in [0.25, 0.3) is 0 Å². The Kier molecular flexibility index (Phi) is 13.4. The average molecular weight is 1120 g/mol. The van der Waals surface area contributed by atoms with Gasteiger partial charge >= 0.3 is 0 Å². The lowest BCUT2D eigenvalue weighted by molar-refractivity contribution is 0.600. The first-order valence-corrected chi connectivity index (χ1v) is 31.0. The van der Waals surface area contributed by atoms with Gasteiger partial charge in [0.05, 0.1) is 0 Å². The van der Waals surface area contributed by atoms with E-state index in [0.717, 1.165) is 11.2 Å². The molecule has 0 unspecified atom stereocenters. The minimum atomic E-state index is -0.0858. The molecule has 1 heterocycles. The fourth-order valence-electron chi connectivity index (χ4n) is 15.2. The maximum Gasteiger partial charge on any atom is 0.144 e. The maximum atomic E-state index is 6.68. The van der Waals surface area contributed by atoms with Crippen molar-refractivity contribution in [3.63, 3.8) is 0 Å². The standard InChI is InChI=1S/C36H32.C31H26O.C19H16/c1-23-18-19-30-32(20-23)36(4,5)33-22-31(25(3)34(35(30)33)29-17-10-9-12-24(29)2)28-16-11-15-27(21-28)26-13-7-6-8-14-26;1-17-14-15-19-22(16-17)31(4,5)27-24(19)25-20-11-7-9-13-23(20)32-29(25)26-18-10-6-8-12-21(18)30(2,3)28(26)27;1-15-18(16-9-4-2-5-10-16)13-8-14-19(15)17-11-6-3-7-12-17/h6-22H,1-5H3;6-16H,1-5H3;2-14H,1H3. The molecule has 0 amide bonds. The largest absolute Gasteiger partial charge is 0.455 e. The van der Waals surface area contributed by atoms with Gasteiger partial charge in [0.2, 0.25) is 0 Å². The van der Waals surface area contributed by atoms with Crippen LogP contribution in [0.4, 0.5) is 0 Å². The van der Waals surface area contributed by atoms with Crippen LogP contribution in [0.3, 0.4) is 0 Å². The highest BCUT2D eigenvalue weighted by Crippen LogP contribution is 2.63. The van der Waals surface area contributed by atoms with Crippen molar-refractivity contribution in [2.45, 2.75) is 92.4 Å². The molecule has 0 fully saturated rings. The second kappa shape index (κ2) is 21.1. The summed E-state index contributed by atoms with van der Waals surface area (Å²) in [6, 6.07) is 90.1. The highest BCUT2D eigenvalue weighted by Gasteiger charge is 2.48. The predicted molar refractivity (Wildman–Crippen MR) is 370 cm³/mol. The van der Waals surface area contributed by atoms with Gasteiger partial charge in [-0.1, -0.05) is 283 Å². The molecule has 12 aromatic carbocycles. The number of rotatable bonds is 5. The summed E-state index contributed by atoms with van der Waals surface area (Å²) in [7, 11) is 0. The summed E-state index contributed by atoms with van der Waals surface area (Å²) in [6.45, 7) is 25.5. The van der Waals surface area contributed by atoms with E-state index in [1.165, 1.54) is 161 Å². The van der Waals surface area contributed by atoms with Crippen molar-refractivity contribution in [1.82, 2.24) is 0 Å². The Hall–Kier alpha value is -9.56. The lowest BCUT2D eigenvalue weighted by atomic mass is 9.72. The molecule has 1 nitrogen and oxygen atoms in total. The molecule has 0 aliphatic heterocycles. The molecule has 0 saturated carbocycles. The van der Waals surface area contributed by atoms with Crippen molar-refractivity contribution in [1.29, 1.82) is 0 Å². The van der Waals surface area contributed by atoms with Crippen LogP contribution in [-0.4, -0.2) is 0 Å². The zero-order valence-electron chi connectivity index (χ0n) is 52.1. The van der Waals surface area contributed by atoms with Gasteiger partial charge in [-0.25, -0.2) is 0 Å². The van der Waals surface area contributed by atoms with Crippen molar-refractivity contribution in [3.8, 4) is 89.0 Å². The fraction of sp³-hybridized carbons (Fsp3) is 0.163. The number of hydrogen-bond donors (Lipinski definition) is 0. The predicted octanol–water partition coefficient (Wildman–Crippen LogP) is 23.8. The maximum absolute atomic E-state index is 6.68. The normalized spacial score (nSPS) is 14.0. The Morgan fingerprint density at radius 3 is 1.39 bits per heavy atom. The van der Waals surface area contributed by atoms with Crippen LogP contribution in [-0.2, 0) is 16.2 Å². The van der Waals surface area contributed by atoms with Gasteiger partial charge in [-0.05, 0) is 186 Å². The van der Waals surface area contributed by atoms with Gasteiger partial charge in [-0.2, -0.15) is 0 Å². The van der Waals surface area contributed by atoms with Crippen LogP contribution in [0.15, 0.2) is 253 Å². The Labute approximate surface area is 514 Å². The molecule has 0 spiro atoms. The quantitative estimate of drug-likeness (QED) is 0.167. The number of para-hydroxylation sites is 1. The van der Waals surface area contributed by atoms with Crippen LogP contribution < -0.4 is 0 Å². The van der Waals surface area contributed by atoms with Crippen LogP contribution in [0.2, 0.25) is 0 Å². The molecular formula is C86H74O. The zero-order valence-corrected chi connectivity index (χ0v) is 52.1. The van der Waals surface area contributed by atoms with Crippen LogP contribution in [0.5, 0.6) is 0 Å². The van der Waals surface area contributed by atoms with E-state index in [1.807, 2.05) is 0 Å². The Morgan fingerprint density at radius 2 is 0.747 bits per heavy atom. The molecule has 424 valence electrons. The number of furan rings is 1. The van der Waals surface area contributed by atoms with Crippen molar-refractivity contribution in [2.24, 2.45) is 0 Å². The molecule has 3 aliphatic carbocycles. The average Bonchev–Trinajstić information content (AvgIpc) is 1.52. The van der Waals surface area contributed by atoms with Gasteiger partial charge in [0.1, 0.15) is 11.2 Å². The lowest BCUT2D eigenvalue weighted by Crippen LogP contribution is -2.24. The number of hydrogen-bond acceptors (Lipinski definition) is 1. The zero-order chi connectivity index (χ0) is 60.1. The molecule has 0 atom stereocenters. The minimum Gasteiger partial charge on any atom is -0.455 e. The second-order valence-corrected chi connectivity index (χ2v) is 26.1. The molecule has 0 saturated heterocycles. The van der Waals surface area contributed by atoms with E-state index in [4.69, 9.17) is 4.42 Å². The lowest BCUT2D eigenvalue weighted by Gasteiger charge is -2.31. The van der Waals surface area contributed by atoms with Crippen molar-refractivity contribution in [2.75, 3.05) is 0 Å². The van der Waals surface area contributed by atoms with E-state index < -0.39 is 0 Å². The van der Waals surface area contributed by atoms with Gasteiger partial charge in [-0.15, -0.1) is 0 Å². The summed E-state index contributed by atoms with van der Waals surface area (Å²) in [4.78, 5) is 0. The van der Waals surface area contributed by atoms with Gasteiger partial charge in [0.15, 0.2) is 0 Å². The Bertz CT molecular complexity index is 4790. The summed E-state index contributed by atoms with van der Waals surface area (Å²) in [5, 5.41) is 2.49. The summed E-state index contributed by atoms with van der Waals surface area (Å²) in [5.41, 5.74) is 38.1.